The molecule has 2 heterocycles. The third-order valence-corrected chi connectivity index (χ3v) is 4.29. The van der Waals surface area contributed by atoms with E-state index >= 15 is 0 Å². The van der Waals surface area contributed by atoms with E-state index in [1.165, 1.54) is 10.9 Å². The van der Waals surface area contributed by atoms with Crippen molar-refractivity contribution in [1.29, 1.82) is 0 Å². The maximum atomic E-state index is 10.1. The number of nitrogen functional groups attached to an aromatic ring is 1. The number of aromatic nitrogens is 2. The maximum absolute atomic E-state index is 10.1. The lowest BCUT2D eigenvalue weighted by Gasteiger charge is -2.17. The van der Waals surface area contributed by atoms with Gasteiger partial charge >= 0.3 is 0 Å². The predicted molar refractivity (Wildman–Crippen MR) is 85.9 cm³/mol. The highest BCUT2D eigenvalue weighted by Gasteiger charge is 2.43. The van der Waals surface area contributed by atoms with Crippen molar-refractivity contribution in [2.75, 3.05) is 12.3 Å². The van der Waals surface area contributed by atoms with Gasteiger partial charge in [-0.1, -0.05) is 23.7 Å². The molecule has 4 atom stereocenters. The molecule has 7 nitrogen and oxygen atoms in total. The number of ether oxygens (including phenoxy) is 1. The number of halogens is 1. The van der Waals surface area contributed by atoms with Crippen LogP contribution < -0.4 is 11.5 Å². The van der Waals surface area contributed by atoms with Crippen molar-refractivity contribution in [3.05, 3.63) is 46.9 Å². The molecule has 1 aliphatic rings. The van der Waals surface area contributed by atoms with Crippen molar-refractivity contribution < 1.29 is 14.9 Å². The minimum atomic E-state index is -1.11. The monoisotopic (exact) mass is 338 g/mol. The van der Waals surface area contributed by atoms with Crippen molar-refractivity contribution in [3.8, 4) is 0 Å². The van der Waals surface area contributed by atoms with Gasteiger partial charge in [0.05, 0.1) is 12.0 Å². The van der Waals surface area contributed by atoms with E-state index in [1.54, 1.807) is 12.1 Å². The van der Waals surface area contributed by atoms with Crippen LogP contribution in [0.3, 0.4) is 0 Å². The minimum Gasteiger partial charge on any atom is -0.387 e. The Bertz CT molecular complexity index is 676. The maximum Gasteiger partial charge on any atom is 0.165 e. The van der Waals surface area contributed by atoms with Gasteiger partial charge in [0.2, 0.25) is 0 Å². The van der Waals surface area contributed by atoms with Crippen LogP contribution in [0, 0.1) is 0 Å². The van der Waals surface area contributed by atoms with E-state index in [0.717, 1.165) is 5.56 Å². The minimum absolute atomic E-state index is 0.112. The fourth-order valence-corrected chi connectivity index (χ4v) is 2.82. The molecule has 1 aromatic heterocycles. The van der Waals surface area contributed by atoms with Crippen molar-refractivity contribution in [3.63, 3.8) is 0 Å². The van der Waals surface area contributed by atoms with Crippen LogP contribution in [0.25, 0.3) is 0 Å². The Kier molecular flexibility index (Phi) is 4.56. The molecule has 1 fully saturated rings. The van der Waals surface area contributed by atoms with Gasteiger partial charge < -0.3 is 26.4 Å². The van der Waals surface area contributed by atoms with Gasteiger partial charge in [0.15, 0.2) is 6.23 Å². The zero-order chi connectivity index (χ0) is 16.6. The number of imidazole rings is 1. The molecule has 1 aromatic carbocycles. The number of aliphatic hydroxyl groups is 2. The van der Waals surface area contributed by atoms with Crippen LogP contribution in [0.15, 0.2) is 30.6 Å². The lowest BCUT2D eigenvalue weighted by Crippen LogP contribution is -2.35. The normalized spacial score (nSPS) is 27.5. The second kappa shape index (κ2) is 6.46. The van der Waals surface area contributed by atoms with Gasteiger partial charge in [-0.2, -0.15) is 0 Å². The lowest BCUT2D eigenvalue weighted by atomic mass is 10.1. The van der Waals surface area contributed by atoms with Gasteiger partial charge in [-0.25, -0.2) is 4.98 Å². The Hall–Kier alpha value is -1.64. The number of nitrogens with zero attached hydrogens (tertiary/aromatic N) is 2. The molecule has 0 spiro atoms. The van der Waals surface area contributed by atoms with E-state index in [1.807, 2.05) is 12.1 Å². The van der Waals surface area contributed by atoms with Crippen LogP contribution in [0.2, 0.25) is 5.02 Å². The number of hydrogen-bond acceptors (Lipinski definition) is 6. The molecule has 0 bridgehead atoms. The van der Waals surface area contributed by atoms with E-state index in [9.17, 15) is 10.2 Å². The molecule has 23 heavy (non-hydrogen) atoms. The van der Waals surface area contributed by atoms with Crippen molar-refractivity contribution in [2.45, 2.75) is 31.0 Å². The Morgan fingerprint density at radius 3 is 2.52 bits per heavy atom. The Morgan fingerprint density at radius 2 is 1.91 bits per heavy atom. The van der Waals surface area contributed by atoms with E-state index in [0.29, 0.717) is 23.0 Å². The second-order valence-corrected chi connectivity index (χ2v) is 6.01. The van der Waals surface area contributed by atoms with Crippen molar-refractivity contribution in [1.82, 2.24) is 9.55 Å². The zero-order valence-corrected chi connectivity index (χ0v) is 13.1. The van der Waals surface area contributed by atoms with E-state index in [2.05, 4.69) is 4.98 Å². The standard InChI is InChI=1S/C15H19ClN4O3/c16-9-3-1-8(2-4-9)5-10-14(18)20(7-19-10)15-13(22)12(21)11(6-17)23-15/h1-4,7,11-13,15,21-22H,5-6,17-18H2/t11-,12-,13-,15-/m1/s1. The molecule has 1 aliphatic heterocycles. The number of aliphatic hydroxyl groups excluding tert-OH is 2. The molecule has 6 N–H and O–H groups in total. The Labute approximate surface area is 138 Å². The van der Waals surface area contributed by atoms with Crippen LogP contribution in [0.1, 0.15) is 17.5 Å². The summed E-state index contributed by atoms with van der Waals surface area (Å²) in [6.07, 6.45) is -1.56. The first kappa shape index (κ1) is 16.2. The molecule has 0 saturated carbocycles. The summed E-state index contributed by atoms with van der Waals surface area (Å²) in [6, 6.07) is 7.40. The molecule has 8 heteroatoms. The highest BCUT2D eigenvalue weighted by atomic mass is 35.5. The molecule has 0 aliphatic carbocycles. The van der Waals surface area contributed by atoms with E-state index in [-0.39, 0.29) is 6.54 Å². The van der Waals surface area contributed by atoms with Gasteiger partial charge in [0.1, 0.15) is 24.1 Å². The average molecular weight is 339 g/mol. The summed E-state index contributed by atoms with van der Waals surface area (Å²) in [5.41, 5.74) is 13.3. The van der Waals surface area contributed by atoms with Gasteiger partial charge in [-0.15, -0.1) is 0 Å². The Balaban J connectivity index is 1.81. The highest BCUT2D eigenvalue weighted by molar-refractivity contribution is 6.30. The van der Waals surface area contributed by atoms with Gasteiger partial charge in [-0.05, 0) is 17.7 Å². The van der Waals surface area contributed by atoms with Crippen molar-refractivity contribution in [2.24, 2.45) is 5.73 Å². The molecule has 0 radical (unpaired) electrons. The fraction of sp³-hybridized carbons (Fsp3) is 0.400. The quantitative estimate of drug-likeness (QED) is 0.636. The second-order valence-electron chi connectivity index (χ2n) is 5.57. The van der Waals surface area contributed by atoms with Crippen LogP contribution in [0.5, 0.6) is 0 Å². The highest BCUT2D eigenvalue weighted by Crippen LogP contribution is 2.32. The van der Waals surface area contributed by atoms with E-state index in [4.69, 9.17) is 27.8 Å². The first-order valence-electron chi connectivity index (χ1n) is 7.28. The molecule has 2 aromatic rings. The number of hydrogen-bond donors (Lipinski definition) is 4. The number of nitrogens with two attached hydrogens (primary N) is 2. The van der Waals surface area contributed by atoms with Crippen LogP contribution in [-0.2, 0) is 11.2 Å². The molecule has 0 unspecified atom stereocenters. The van der Waals surface area contributed by atoms with Crippen LogP contribution in [-0.4, -0.2) is 44.6 Å². The lowest BCUT2D eigenvalue weighted by molar-refractivity contribution is -0.0331. The first-order chi connectivity index (χ1) is 11.0. The topological polar surface area (TPSA) is 120 Å². The summed E-state index contributed by atoms with van der Waals surface area (Å²) in [4.78, 5) is 4.29. The number of benzene rings is 1. The number of anilines is 1. The third kappa shape index (κ3) is 3.06. The summed E-state index contributed by atoms with van der Waals surface area (Å²) in [7, 11) is 0. The molecule has 3 rings (SSSR count). The number of rotatable bonds is 4. The summed E-state index contributed by atoms with van der Waals surface area (Å²) in [5, 5.41) is 20.7. The third-order valence-electron chi connectivity index (χ3n) is 4.04. The van der Waals surface area contributed by atoms with Crippen LogP contribution >= 0.6 is 11.6 Å². The summed E-state index contributed by atoms with van der Waals surface area (Å²) < 4.78 is 7.10. The predicted octanol–water partition coefficient (Wildman–Crippen LogP) is 0.287. The van der Waals surface area contributed by atoms with Crippen molar-refractivity contribution >= 4 is 17.4 Å². The largest absolute Gasteiger partial charge is 0.387 e. The summed E-state index contributed by atoms with van der Waals surface area (Å²) in [6.45, 7) is 0.112. The van der Waals surface area contributed by atoms with Gasteiger partial charge in [0, 0.05) is 18.0 Å². The molecular weight excluding hydrogens is 320 g/mol. The molecule has 0 amide bonds. The molecule has 124 valence electrons. The zero-order valence-electron chi connectivity index (χ0n) is 12.3. The van der Waals surface area contributed by atoms with Gasteiger partial charge in [0.25, 0.3) is 0 Å². The first-order valence-corrected chi connectivity index (χ1v) is 7.66. The summed E-state index contributed by atoms with van der Waals surface area (Å²) in [5.74, 6) is 0.383. The summed E-state index contributed by atoms with van der Waals surface area (Å²) >= 11 is 5.87. The smallest absolute Gasteiger partial charge is 0.165 e. The van der Waals surface area contributed by atoms with Gasteiger partial charge in [-0.3, -0.25) is 4.57 Å². The van der Waals surface area contributed by atoms with Crippen LogP contribution in [0.4, 0.5) is 5.82 Å². The fourth-order valence-electron chi connectivity index (χ4n) is 2.70. The SMILES string of the molecule is NC[C@H]1O[C@@H](n2cnc(Cc3ccc(Cl)cc3)c2N)[C@H](O)[C@@H]1O. The average Bonchev–Trinajstić information content (AvgIpc) is 3.03. The Morgan fingerprint density at radius 1 is 1.22 bits per heavy atom. The molecular formula is C15H19ClN4O3. The van der Waals surface area contributed by atoms with E-state index < -0.39 is 24.5 Å². The molecule has 1 saturated heterocycles.